The van der Waals surface area contributed by atoms with E-state index in [1.165, 1.54) is 13.3 Å². The zero-order chi connectivity index (χ0) is 21.0. The van der Waals surface area contributed by atoms with Crippen molar-refractivity contribution in [2.24, 2.45) is 0 Å². The lowest BCUT2D eigenvalue weighted by atomic mass is 9.89. The molecule has 4 rings (SSSR count). The van der Waals surface area contributed by atoms with E-state index >= 15 is 0 Å². The van der Waals surface area contributed by atoms with Crippen LogP contribution in [0.2, 0.25) is 0 Å². The molecule has 4 heterocycles. The molecule has 0 aliphatic carbocycles. The summed E-state index contributed by atoms with van der Waals surface area (Å²) < 4.78 is 67.6. The maximum Gasteiger partial charge on any atom is 0.435 e. The lowest BCUT2D eigenvalue weighted by Gasteiger charge is -2.31. The van der Waals surface area contributed by atoms with Gasteiger partial charge in [0.25, 0.3) is 10.0 Å². The van der Waals surface area contributed by atoms with Crippen LogP contribution in [-0.2, 0) is 16.2 Å². The van der Waals surface area contributed by atoms with Crippen LogP contribution in [0.25, 0.3) is 5.65 Å². The first kappa shape index (κ1) is 20.2. The molecule has 1 saturated heterocycles. The second-order valence-corrected chi connectivity index (χ2v) is 10.4. The average molecular weight is 445 g/mol. The molecule has 0 atom stereocenters. The van der Waals surface area contributed by atoms with E-state index in [4.69, 9.17) is 0 Å². The number of alkyl halides is 3. The number of piperidine rings is 1. The number of rotatable bonds is 3. The van der Waals surface area contributed by atoms with Gasteiger partial charge in [-0.25, -0.2) is 22.9 Å². The number of aryl methyl sites for hydroxylation is 2. The fraction of sp³-hybridized carbons (Fsp3) is 0.471. The zero-order valence-electron chi connectivity index (χ0n) is 15.6. The van der Waals surface area contributed by atoms with Crippen LogP contribution in [0.15, 0.2) is 22.8 Å². The van der Waals surface area contributed by atoms with Crippen molar-refractivity contribution in [3.05, 3.63) is 40.4 Å². The summed E-state index contributed by atoms with van der Waals surface area (Å²) in [5, 5.41) is 4.20. The third-order valence-electron chi connectivity index (χ3n) is 5.10. The van der Waals surface area contributed by atoms with Crippen LogP contribution in [-0.4, -0.2) is 45.4 Å². The Kier molecular flexibility index (Phi) is 4.90. The summed E-state index contributed by atoms with van der Waals surface area (Å²) in [6.07, 6.45) is -0.432. The van der Waals surface area contributed by atoms with Crippen LogP contribution >= 0.6 is 11.3 Å². The molecule has 0 amide bonds. The van der Waals surface area contributed by atoms with E-state index in [9.17, 15) is 21.6 Å². The third kappa shape index (κ3) is 3.64. The average Bonchev–Trinajstić information content (AvgIpc) is 3.27. The van der Waals surface area contributed by atoms with Crippen molar-refractivity contribution in [2.45, 2.75) is 43.0 Å². The van der Waals surface area contributed by atoms with E-state index in [1.807, 2.05) is 19.2 Å². The largest absolute Gasteiger partial charge is 0.435 e. The van der Waals surface area contributed by atoms with E-state index in [1.54, 1.807) is 4.52 Å². The fourth-order valence-electron chi connectivity index (χ4n) is 3.69. The van der Waals surface area contributed by atoms with Crippen molar-refractivity contribution < 1.29 is 21.6 Å². The Morgan fingerprint density at radius 2 is 1.90 bits per heavy atom. The van der Waals surface area contributed by atoms with Crippen molar-refractivity contribution >= 4 is 27.0 Å². The highest BCUT2D eigenvalue weighted by molar-refractivity contribution is 7.91. The number of pyridine rings is 1. The number of fused-ring (bicyclic) bond motifs is 1. The number of hydrogen-bond donors (Lipinski definition) is 0. The van der Waals surface area contributed by atoms with Gasteiger partial charge in [-0.05, 0) is 49.8 Å². The monoisotopic (exact) mass is 445 g/mol. The summed E-state index contributed by atoms with van der Waals surface area (Å²) in [5.74, 6) is 0.0975. The summed E-state index contributed by atoms with van der Waals surface area (Å²) in [5.41, 5.74) is 1.48. The molecule has 0 spiro atoms. The summed E-state index contributed by atoms with van der Waals surface area (Å²) >= 11 is 0.565. The van der Waals surface area contributed by atoms with Gasteiger partial charge in [-0.1, -0.05) is 0 Å². The molecular weight excluding hydrogens is 427 g/mol. The summed E-state index contributed by atoms with van der Waals surface area (Å²) in [6, 6.07) is 1.92. The van der Waals surface area contributed by atoms with Crippen molar-refractivity contribution in [1.29, 1.82) is 0 Å². The lowest BCUT2D eigenvalue weighted by Crippen LogP contribution is -2.38. The standard InChI is InChI=1S/C17H18F3N5O2S2/c1-10-7-14-21-9-22-25(14)8-13(10)12-3-5-24(6-4-12)29(26,27)16-15(17(18,19)20)23-11(2)28-16/h7-9,12H,3-6H2,1-2H3. The molecule has 1 aliphatic rings. The molecule has 3 aromatic rings. The van der Waals surface area contributed by atoms with Crippen molar-refractivity contribution in [1.82, 2.24) is 23.9 Å². The number of nitrogens with zero attached hydrogens (tertiary/aromatic N) is 5. The first-order chi connectivity index (χ1) is 13.6. The molecule has 0 saturated carbocycles. The second-order valence-electron chi connectivity index (χ2n) is 7.02. The SMILES string of the molecule is Cc1nc(C(F)(F)F)c(S(=O)(=O)N2CCC(c3cn4ncnc4cc3C)CC2)s1. The minimum Gasteiger partial charge on any atom is -0.236 e. The predicted octanol–water partition coefficient (Wildman–Crippen LogP) is 3.39. The lowest BCUT2D eigenvalue weighted by molar-refractivity contribution is -0.143. The van der Waals surface area contributed by atoms with Crippen molar-refractivity contribution in [2.75, 3.05) is 13.1 Å². The molecule has 1 aliphatic heterocycles. The molecule has 7 nitrogen and oxygen atoms in total. The van der Waals surface area contributed by atoms with E-state index < -0.39 is 26.1 Å². The van der Waals surface area contributed by atoms with Crippen molar-refractivity contribution in [3.8, 4) is 0 Å². The Hall–Kier alpha value is -2.05. The van der Waals surface area contributed by atoms with Gasteiger partial charge in [0.15, 0.2) is 15.6 Å². The number of thiazole rings is 1. The Morgan fingerprint density at radius 3 is 2.55 bits per heavy atom. The summed E-state index contributed by atoms with van der Waals surface area (Å²) in [7, 11) is -4.25. The number of hydrogen-bond acceptors (Lipinski definition) is 6. The Balaban J connectivity index is 1.57. The highest BCUT2D eigenvalue weighted by Gasteiger charge is 2.43. The van der Waals surface area contributed by atoms with Gasteiger partial charge >= 0.3 is 6.18 Å². The molecule has 3 aromatic heterocycles. The number of sulfonamides is 1. The third-order valence-corrected chi connectivity index (χ3v) is 8.46. The van der Waals surface area contributed by atoms with Crippen LogP contribution in [0.3, 0.4) is 0 Å². The van der Waals surface area contributed by atoms with E-state index in [0.717, 1.165) is 21.1 Å². The predicted molar refractivity (Wildman–Crippen MR) is 100 cm³/mol. The van der Waals surface area contributed by atoms with E-state index in [-0.39, 0.29) is 24.0 Å². The Labute approximate surface area is 169 Å². The van der Waals surface area contributed by atoms with Gasteiger partial charge in [-0.2, -0.15) is 22.6 Å². The van der Waals surface area contributed by atoms with Crippen molar-refractivity contribution in [3.63, 3.8) is 0 Å². The molecule has 0 N–H and O–H groups in total. The maximum absolute atomic E-state index is 13.2. The molecule has 0 unspecified atom stereocenters. The topological polar surface area (TPSA) is 80.5 Å². The molecule has 1 fully saturated rings. The van der Waals surface area contributed by atoms with E-state index in [2.05, 4.69) is 15.1 Å². The van der Waals surface area contributed by atoms with Gasteiger partial charge in [0.2, 0.25) is 0 Å². The van der Waals surface area contributed by atoms with Crippen LogP contribution in [0, 0.1) is 13.8 Å². The first-order valence-corrected chi connectivity index (χ1v) is 11.2. The number of halogens is 3. The van der Waals surface area contributed by atoms with Gasteiger partial charge in [-0.15, -0.1) is 11.3 Å². The fourth-order valence-corrected chi connectivity index (χ4v) is 6.78. The smallest absolute Gasteiger partial charge is 0.236 e. The number of aromatic nitrogens is 4. The Bertz CT molecular complexity index is 1160. The zero-order valence-corrected chi connectivity index (χ0v) is 17.3. The molecule has 29 heavy (non-hydrogen) atoms. The van der Waals surface area contributed by atoms with Gasteiger partial charge in [0.1, 0.15) is 6.33 Å². The quantitative estimate of drug-likeness (QED) is 0.617. The van der Waals surface area contributed by atoms with Gasteiger partial charge in [-0.3, -0.25) is 0 Å². The van der Waals surface area contributed by atoms with Crippen LogP contribution in [0.1, 0.15) is 40.6 Å². The van der Waals surface area contributed by atoms with Crippen LogP contribution in [0.4, 0.5) is 13.2 Å². The minimum absolute atomic E-state index is 0.0718. The normalized spacial score (nSPS) is 17.3. The summed E-state index contributed by atoms with van der Waals surface area (Å²) in [4.78, 5) is 7.55. The minimum atomic E-state index is -4.81. The van der Waals surface area contributed by atoms with Gasteiger partial charge in [0, 0.05) is 19.3 Å². The molecule has 0 radical (unpaired) electrons. The second kappa shape index (κ2) is 7.03. The Morgan fingerprint density at radius 1 is 1.21 bits per heavy atom. The van der Waals surface area contributed by atoms with Gasteiger partial charge in [0.05, 0.1) is 5.01 Å². The van der Waals surface area contributed by atoms with Crippen LogP contribution < -0.4 is 0 Å². The van der Waals surface area contributed by atoms with Crippen LogP contribution in [0.5, 0.6) is 0 Å². The highest BCUT2D eigenvalue weighted by atomic mass is 32.2. The highest BCUT2D eigenvalue weighted by Crippen LogP contribution is 2.39. The molecule has 0 bridgehead atoms. The maximum atomic E-state index is 13.2. The molecule has 0 aromatic carbocycles. The molecular formula is C17H18F3N5O2S2. The molecule has 12 heteroatoms. The van der Waals surface area contributed by atoms with Gasteiger partial charge < -0.3 is 0 Å². The van der Waals surface area contributed by atoms with E-state index in [0.29, 0.717) is 24.2 Å². The summed E-state index contributed by atoms with van der Waals surface area (Å²) in [6.45, 7) is 3.63. The molecule has 156 valence electrons. The first-order valence-electron chi connectivity index (χ1n) is 8.92.